The highest BCUT2D eigenvalue weighted by atomic mass is 32.2. The van der Waals surface area contributed by atoms with Crippen molar-refractivity contribution in [1.29, 1.82) is 5.26 Å². The largest absolute Gasteiger partial charge is 0.497 e. The number of ether oxygens (including phenoxy) is 2. The van der Waals surface area contributed by atoms with Crippen LogP contribution in [-0.2, 0) is 16.4 Å². The molecule has 1 fully saturated rings. The van der Waals surface area contributed by atoms with Gasteiger partial charge in [0.05, 0.1) is 32.9 Å². The fourth-order valence-corrected chi connectivity index (χ4v) is 4.13. The molecular formula is C21H24N4O5S. The molecule has 0 radical (unpaired) electrons. The summed E-state index contributed by atoms with van der Waals surface area (Å²) in [5.41, 5.74) is 1.87. The average molecular weight is 445 g/mol. The Kier molecular flexibility index (Phi) is 6.99. The molecule has 31 heavy (non-hydrogen) atoms. The zero-order valence-corrected chi connectivity index (χ0v) is 18.1. The van der Waals surface area contributed by atoms with E-state index in [1.807, 2.05) is 36.4 Å². The van der Waals surface area contributed by atoms with Crippen molar-refractivity contribution in [3.8, 4) is 17.6 Å². The predicted octanol–water partition coefficient (Wildman–Crippen LogP) is 2.08. The van der Waals surface area contributed by atoms with E-state index in [4.69, 9.17) is 14.7 Å². The van der Waals surface area contributed by atoms with E-state index in [1.165, 1.54) is 0 Å². The zero-order valence-electron chi connectivity index (χ0n) is 17.3. The van der Waals surface area contributed by atoms with Crippen molar-refractivity contribution < 1.29 is 22.7 Å². The second kappa shape index (κ2) is 9.68. The van der Waals surface area contributed by atoms with Gasteiger partial charge in [-0.15, -0.1) is 4.83 Å². The third-order valence-electron chi connectivity index (χ3n) is 5.01. The molecule has 1 heterocycles. The van der Waals surface area contributed by atoms with Crippen LogP contribution in [0.3, 0.4) is 0 Å². The molecule has 10 heteroatoms. The highest BCUT2D eigenvalue weighted by Gasteiger charge is 2.39. The number of nitrogens with one attached hydrogen (secondary N) is 1. The minimum absolute atomic E-state index is 0.123. The number of hydrogen-bond donors (Lipinski definition) is 1. The van der Waals surface area contributed by atoms with Crippen molar-refractivity contribution in [3.63, 3.8) is 0 Å². The fraction of sp³-hybridized carbons (Fsp3) is 0.333. The number of nitrogens with zero attached hydrogens (tertiary/aromatic N) is 3. The van der Waals surface area contributed by atoms with E-state index in [0.29, 0.717) is 18.7 Å². The molecule has 2 aromatic carbocycles. The quantitative estimate of drug-likeness (QED) is 0.634. The first-order chi connectivity index (χ1) is 14.9. The van der Waals surface area contributed by atoms with Gasteiger partial charge in [0.25, 0.3) is 0 Å². The smallest absolute Gasteiger partial charge is 0.335 e. The lowest BCUT2D eigenvalue weighted by Crippen LogP contribution is -2.45. The number of hydrazine groups is 1. The number of rotatable bonds is 9. The van der Waals surface area contributed by atoms with Gasteiger partial charge in [0.15, 0.2) is 5.75 Å². The van der Waals surface area contributed by atoms with Gasteiger partial charge in [-0.05, 0) is 41.8 Å². The monoisotopic (exact) mass is 444 g/mol. The summed E-state index contributed by atoms with van der Waals surface area (Å²) in [5.74, 6) is 0.704. The second-order valence-corrected chi connectivity index (χ2v) is 8.68. The molecule has 164 valence electrons. The van der Waals surface area contributed by atoms with Crippen molar-refractivity contribution in [2.24, 2.45) is 0 Å². The van der Waals surface area contributed by atoms with Crippen LogP contribution in [0.4, 0.5) is 4.79 Å². The Hall–Kier alpha value is -3.29. The van der Waals surface area contributed by atoms with Gasteiger partial charge >= 0.3 is 6.03 Å². The van der Waals surface area contributed by atoms with E-state index in [-0.39, 0.29) is 12.6 Å². The van der Waals surface area contributed by atoms with Crippen LogP contribution in [0, 0.1) is 11.3 Å². The third-order valence-corrected chi connectivity index (χ3v) is 6.02. The number of carbonyl (C=O) groups excluding carboxylic acids is 1. The van der Waals surface area contributed by atoms with Crippen LogP contribution in [0.2, 0.25) is 0 Å². The number of urea groups is 1. The Morgan fingerprint density at radius 3 is 2.19 bits per heavy atom. The summed E-state index contributed by atoms with van der Waals surface area (Å²) >= 11 is 0. The maximum atomic E-state index is 13.0. The normalized spacial score (nSPS) is 16.3. The van der Waals surface area contributed by atoms with Gasteiger partial charge in [0.1, 0.15) is 11.5 Å². The average Bonchev–Trinajstić information content (AvgIpc) is 3.07. The van der Waals surface area contributed by atoms with Crippen molar-refractivity contribution >= 4 is 16.1 Å². The number of amides is 2. The highest BCUT2D eigenvalue weighted by Crippen LogP contribution is 2.30. The van der Waals surface area contributed by atoms with Gasteiger partial charge in [-0.2, -0.15) is 5.26 Å². The molecule has 2 aromatic rings. The summed E-state index contributed by atoms with van der Waals surface area (Å²) in [6.45, 7) is 0.511. The molecule has 1 unspecified atom stereocenters. The van der Waals surface area contributed by atoms with Crippen molar-refractivity contribution in [2.45, 2.75) is 12.5 Å². The first-order valence-electron chi connectivity index (χ1n) is 9.59. The molecule has 2 amide bonds. The molecule has 0 bridgehead atoms. The molecule has 1 aliphatic rings. The topological polar surface area (TPSA) is 112 Å². The first kappa shape index (κ1) is 22.4. The Bertz CT molecular complexity index is 1050. The highest BCUT2D eigenvalue weighted by molar-refractivity contribution is 7.89. The fourth-order valence-electron chi connectivity index (χ4n) is 3.40. The van der Waals surface area contributed by atoms with Crippen LogP contribution in [0.25, 0.3) is 0 Å². The lowest BCUT2D eigenvalue weighted by molar-refractivity contribution is 0.182. The standard InChI is InChI=1S/C21H24N4O5S/c1-29-18-7-3-16(4-8-18)11-13-24-20(17-5-9-19(30-2)10-6-17)15-25(21(24)26)23-31(27,28)14-12-22/h3-10,20,23H,11,13-15H2,1-2H3. The Morgan fingerprint density at radius 1 is 1.06 bits per heavy atom. The summed E-state index contributed by atoms with van der Waals surface area (Å²) in [6.07, 6.45) is 0.584. The summed E-state index contributed by atoms with van der Waals surface area (Å²) < 4.78 is 34.4. The SMILES string of the molecule is COc1ccc(CCN2C(=O)N(NS(=O)(=O)CC#N)CC2c2ccc(OC)cc2)cc1. The third kappa shape index (κ3) is 5.45. The van der Waals surface area contributed by atoms with Crippen molar-refractivity contribution in [3.05, 3.63) is 59.7 Å². The zero-order chi connectivity index (χ0) is 22.4. The number of hydrogen-bond acceptors (Lipinski definition) is 6. The maximum absolute atomic E-state index is 13.0. The first-order valence-corrected chi connectivity index (χ1v) is 11.2. The lowest BCUT2D eigenvalue weighted by atomic mass is 10.1. The molecular weight excluding hydrogens is 420 g/mol. The van der Waals surface area contributed by atoms with Crippen LogP contribution < -0.4 is 14.3 Å². The van der Waals surface area contributed by atoms with Gasteiger partial charge in [-0.1, -0.05) is 24.3 Å². The van der Waals surface area contributed by atoms with E-state index < -0.39 is 21.8 Å². The summed E-state index contributed by atoms with van der Waals surface area (Å²) in [6, 6.07) is 15.6. The molecule has 0 aromatic heterocycles. The maximum Gasteiger partial charge on any atom is 0.335 e. The van der Waals surface area contributed by atoms with Crippen molar-refractivity contribution in [2.75, 3.05) is 33.1 Å². The number of benzene rings is 2. The lowest BCUT2D eigenvalue weighted by Gasteiger charge is -2.23. The molecule has 1 aliphatic heterocycles. The van der Waals surface area contributed by atoms with Crippen LogP contribution in [-0.4, -0.2) is 57.4 Å². The van der Waals surface area contributed by atoms with E-state index in [2.05, 4.69) is 4.83 Å². The van der Waals surface area contributed by atoms with E-state index in [0.717, 1.165) is 21.9 Å². The Morgan fingerprint density at radius 2 is 1.65 bits per heavy atom. The van der Waals surface area contributed by atoms with Crippen LogP contribution in [0.5, 0.6) is 11.5 Å². The van der Waals surface area contributed by atoms with Gasteiger partial charge in [0.2, 0.25) is 10.0 Å². The molecule has 3 rings (SSSR count). The van der Waals surface area contributed by atoms with Crippen LogP contribution in [0.1, 0.15) is 17.2 Å². The number of carbonyl (C=O) groups is 1. The molecule has 0 aliphatic carbocycles. The van der Waals surface area contributed by atoms with Crippen molar-refractivity contribution in [1.82, 2.24) is 14.7 Å². The summed E-state index contributed by atoms with van der Waals surface area (Å²) in [7, 11) is -0.762. The predicted molar refractivity (Wildman–Crippen MR) is 114 cm³/mol. The number of sulfonamides is 1. The number of methoxy groups -OCH3 is 2. The summed E-state index contributed by atoms with van der Waals surface area (Å²) in [4.78, 5) is 16.9. The van der Waals surface area contributed by atoms with Crippen LogP contribution >= 0.6 is 0 Å². The molecule has 1 atom stereocenters. The molecule has 1 saturated heterocycles. The second-order valence-electron chi connectivity index (χ2n) is 6.98. The van der Waals surface area contributed by atoms with Gasteiger partial charge in [0, 0.05) is 6.54 Å². The number of nitriles is 1. The minimum atomic E-state index is -3.93. The van der Waals surface area contributed by atoms with Gasteiger partial charge in [-0.3, -0.25) is 0 Å². The molecule has 1 N–H and O–H groups in total. The molecule has 0 saturated carbocycles. The van der Waals surface area contributed by atoms with Gasteiger partial charge in [-0.25, -0.2) is 18.2 Å². The minimum Gasteiger partial charge on any atom is -0.497 e. The van der Waals surface area contributed by atoms with E-state index in [9.17, 15) is 13.2 Å². The summed E-state index contributed by atoms with van der Waals surface area (Å²) in [5, 5.41) is 9.77. The molecule has 0 spiro atoms. The van der Waals surface area contributed by atoms with Crippen LogP contribution in [0.15, 0.2) is 48.5 Å². The Labute approximate surface area is 181 Å². The Balaban J connectivity index is 1.81. The van der Waals surface area contributed by atoms with Gasteiger partial charge < -0.3 is 14.4 Å². The van der Waals surface area contributed by atoms with E-state index in [1.54, 1.807) is 37.3 Å². The molecule has 9 nitrogen and oxygen atoms in total. The van der Waals surface area contributed by atoms with E-state index >= 15 is 0 Å².